The van der Waals surface area contributed by atoms with Crippen LogP contribution in [0.3, 0.4) is 0 Å². The van der Waals surface area contributed by atoms with E-state index in [1.807, 2.05) is 32.9 Å². The number of carbonyl (C=O) groups excluding carboxylic acids is 1. The molecule has 0 atom stereocenters. The third-order valence-electron chi connectivity index (χ3n) is 2.59. The molecule has 1 aromatic carbocycles. The van der Waals surface area contributed by atoms with Gasteiger partial charge in [-0.05, 0) is 50.8 Å². The van der Waals surface area contributed by atoms with Crippen molar-refractivity contribution in [2.75, 3.05) is 6.54 Å². The fraction of sp³-hybridized carbons (Fsp3) is 0.533. The standard InChI is InChI=1S/C15H22ClNO3/c1-15(2,3)20-14(19)17-8-4-5-11-6-7-13(16)12(9-11)10-18/h6-7,9,18H,4-5,8,10H2,1-3H3,(H,17,19). The van der Waals surface area contributed by atoms with Crippen molar-refractivity contribution in [3.8, 4) is 0 Å². The smallest absolute Gasteiger partial charge is 0.407 e. The Balaban J connectivity index is 2.33. The number of benzene rings is 1. The van der Waals surface area contributed by atoms with Crippen molar-refractivity contribution in [3.05, 3.63) is 34.3 Å². The van der Waals surface area contributed by atoms with E-state index in [1.165, 1.54) is 0 Å². The first-order chi connectivity index (χ1) is 9.31. The molecule has 5 heteroatoms. The SMILES string of the molecule is CC(C)(C)OC(=O)NCCCc1ccc(Cl)c(CO)c1. The van der Waals surface area contributed by atoms with Crippen LogP contribution in [0.25, 0.3) is 0 Å². The molecule has 4 nitrogen and oxygen atoms in total. The van der Waals surface area contributed by atoms with Crippen molar-refractivity contribution in [1.82, 2.24) is 5.32 Å². The summed E-state index contributed by atoms with van der Waals surface area (Å²) in [5.74, 6) is 0. The average molecular weight is 300 g/mol. The van der Waals surface area contributed by atoms with E-state index >= 15 is 0 Å². The first kappa shape index (κ1) is 16.8. The molecule has 0 unspecified atom stereocenters. The zero-order valence-electron chi connectivity index (χ0n) is 12.2. The predicted octanol–water partition coefficient (Wildman–Crippen LogP) is 3.29. The zero-order valence-corrected chi connectivity index (χ0v) is 13.0. The van der Waals surface area contributed by atoms with Gasteiger partial charge in [0.1, 0.15) is 5.60 Å². The Morgan fingerprint density at radius 1 is 1.40 bits per heavy atom. The highest BCUT2D eigenvalue weighted by Crippen LogP contribution is 2.18. The highest BCUT2D eigenvalue weighted by Gasteiger charge is 2.15. The van der Waals surface area contributed by atoms with E-state index < -0.39 is 11.7 Å². The van der Waals surface area contributed by atoms with Gasteiger partial charge in [-0.2, -0.15) is 0 Å². The topological polar surface area (TPSA) is 58.6 Å². The maximum absolute atomic E-state index is 11.4. The van der Waals surface area contributed by atoms with Crippen molar-refractivity contribution in [2.24, 2.45) is 0 Å². The van der Waals surface area contributed by atoms with Crippen molar-refractivity contribution < 1.29 is 14.6 Å². The second-order valence-electron chi connectivity index (χ2n) is 5.62. The Morgan fingerprint density at radius 2 is 2.10 bits per heavy atom. The van der Waals surface area contributed by atoms with Crippen LogP contribution in [-0.4, -0.2) is 23.3 Å². The van der Waals surface area contributed by atoms with Gasteiger partial charge in [0.2, 0.25) is 0 Å². The molecule has 0 fully saturated rings. The molecule has 0 aliphatic rings. The highest BCUT2D eigenvalue weighted by atomic mass is 35.5. The summed E-state index contributed by atoms with van der Waals surface area (Å²) in [6.45, 7) is 5.97. The predicted molar refractivity (Wildman–Crippen MR) is 79.9 cm³/mol. The minimum absolute atomic E-state index is 0.0666. The van der Waals surface area contributed by atoms with Gasteiger partial charge in [0.05, 0.1) is 6.61 Å². The van der Waals surface area contributed by atoms with E-state index in [4.69, 9.17) is 21.4 Å². The summed E-state index contributed by atoms with van der Waals surface area (Å²) in [7, 11) is 0. The number of rotatable bonds is 5. The van der Waals surface area contributed by atoms with Gasteiger partial charge < -0.3 is 15.2 Å². The Morgan fingerprint density at radius 3 is 2.70 bits per heavy atom. The molecule has 0 saturated heterocycles. The Labute approximate surface area is 125 Å². The van der Waals surface area contributed by atoms with Gasteiger partial charge in [-0.3, -0.25) is 0 Å². The number of nitrogens with one attached hydrogen (secondary N) is 1. The van der Waals surface area contributed by atoms with E-state index in [-0.39, 0.29) is 6.61 Å². The van der Waals surface area contributed by atoms with Crippen LogP contribution in [0.2, 0.25) is 5.02 Å². The van der Waals surface area contributed by atoms with Crippen LogP contribution in [-0.2, 0) is 17.8 Å². The maximum atomic E-state index is 11.4. The summed E-state index contributed by atoms with van der Waals surface area (Å²) >= 11 is 5.93. The summed E-state index contributed by atoms with van der Waals surface area (Å²) in [6, 6.07) is 5.59. The number of ether oxygens (including phenoxy) is 1. The van der Waals surface area contributed by atoms with Crippen molar-refractivity contribution in [1.29, 1.82) is 0 Å². The van der Waals surface area contributed by atoms with Gasteiger partial charge in [0, 0.05) is 11.6 Å². The minimum atomic E-state index is -0.476. The molecule has 0 radical (unpaired) electrons. The average Bonchev–Trinajstić information content (AvgIpc) is 2.34. The lowest BCUT2D eigenvalue weighted by Gasteiger charge is -2.19. The molecule has 1 rings (SSSR count). The Kier molecular flexibility index (Phi) is 6.30. The first-order valence-corrected chi connectivity index (χ1v) is 7.04. The lowest BCUT2D eigenvalue weighted by Crippen LogP contribution is -2.33. The van der Waals surface area contributed by atoms with Crippen molar-refractivity contribution in [3.63, 3.8) is 0 Å². The van der Waals surface area contributed by atoms with E-state index in [0.717, 1.165) is 24.0 Å². The molecule has 1 aromatic rings. The third kappa shape index (κ3) is 6.26. The molecular formula is C15H22ClNO3. The highest BCUT2D eigenvalue weighted by molar-refractivity contribution is 6.31. The molecule has 0 aliphatic carbocycles. The zero-order chi connectivity index (χ0) is 15.2. The fourth-order valence-corrected chi connectivity index (χ4v) is 1.88. The van der Waals surface area contributed by atoms with Crippen LogP contribution in [0.5, 0.6) is 0 Å². The summed E-state index contributed by atoms with van der Waals surface area (Å²) in [4.78, 5) is 11.4. The van der Waals surface area contributed by atoms with Crippen molar-refractivity contribution in [2.45, 2.75) is 45.8 Å². The molecule has 0 heterocycles. The lowest BCUT2D eigenvalue weighted by atomic mass is 10.1. The fourth-order valence-electron chi connectivity index (χ4n) is 1.70. The molecule has 0 aromatic heterocycles. The minimum Gasteiger partial charge on any atom is -0.444 e. The normalized spacial score (nSPS) is 11.2. The second kappa shape index (κ2) is 7.50. The molecule has 20 heavy (non-hydrogen) atoms. The molecular weight excluding hydrogens is 278 g/mol. The number of aliphatic hydroxyl groups is 1. The van der Waals surface area contributed by atoms with E-state index in [2.05, 4.69) is 5.32 Å². The van der Waals surface area contributed by atoms with Crippen LogP contribution in [0, 0.1) is 0 Å². The van der Waals surface area contributed by atoms with Crippen LogP contribution in [0.1, 0.15) is 38.3 Å². The Bertz CT molecular complexity index is 455. The van der Waals surface area contributed by atoms with Gasteiger partial charge in [0.15, 0.2) is 0 Å². The number of amides is 1. The van der Waals surface area contributed by atoms with Crippen LogP contribution >= 0.6 is 11.6 Å². The number of carbonyl (C=O) groups is 1. The molecule has 0 spiro atoms. The summed E-state index contributed by atoms with van der Waals surface area (Å²) < 4.78 is 5.14. The number of hydrogen-bond acceptors (Lipinski definition) is 3. The summed E-state index contributed by atoms with van der Waals surface area (Å²) in [5, 5.41) is 12.4. The first-order valence-electron chi connectivity index (χ1n) is 6.67. The van der Waals surface area contributed by atoms with Gasteiger partial charge in [-0.15, -0.1) is 0 Å². The molecule has 0 aliphatic heterocycles. The molecule has 1 amide bonds. The Hall–Kier alpha value is -1.26. The number of hydrogen-bond donors (Lipinski definition) is 2. The monoisotopic (exact) mass is 299 g/mol. The van der Waals surface area contributed by atoms with Gasteiger partial charge >= 0.3 is 6.09 Å². The number of aryl methyl sites for hydroxylation is 1. The quantitative estimate of drug-likeness (QED) is 0.820. The van der Waals surface area contributed by atoms with Crippen LogP contribution < -0.4 is 5.32 Å². The number of alkyl carbamates (subject to hydrolysis) is 1. The molecule has 2 N–H and O–H groups in total. The summed E-state index contributed by atoms with van der Waals surface area (Å²) in [6.07, 6.45) is 1.20. The van der Waals surface area contributed by atoms with Crippen LogP contribution in [0.4, 0.5) is 4.79 Å². The molecule has 0 bridgehead atoms. The van der Waals surface area contributed by atoms with Crippen LogP contribution in [0.15, 0.2) is 18.2 Å². The van der Waals surface area contributed by atoms with Gasteiger partial charge in [-0.25, -0.2) is 4.79 Å². The number of aliphatic hydroxyl groups excluding tert-OH is 1. The third-order valence-corrected chi connectivity index (χ3v) is 2.96. The molecule has 0 saturated carbocycles. The maximum Gasteiger partial charge on any atom is 0.407 e. The van der Waals surface area contributed by atoms with E-state index in [1.54, 1.807) is 6.07 Å². The summed E-state index contributed by atoms with van der Waals surface area (Å²) in [5.41, 5.74) is 1.34. The van der Waals surface area contributed by atoms with E-state index in [9.17, 15) is 4.79 Å². The van der Waals surface area contributed by atoms with Crippen molar-refractivity contribution >= 4 is 17.7 Å². The largest absolute Gasteiger partial charge is 0.444 e. The molecule has 112 valence electrons. The second-order valence-corrected chi connectivity index (χ2v) is 6.02. The van der Waals surface area contributed by atoms with Gasteiger partial charge in [0.25, 0.3) is 0 Å². The lowest BCUT2D eigenvalue weighted by molar-refractivity contribution is 0.0527. The van der Waals surface area contributed by atoms with E-state index in [0.29, 0.717) is 11.6 Å². The van der Waals surface area contributed by atoms with Gasteiger partial charge in [-0.1, -0.05) is 23.7 Å². The number of halogens is 1.